The molecule has 4 nitrogen and oxygen atoms in total. The van der Waals surface area contributed by atoms with Crippen LogP contribution in [0.5, 0.6) is 11.5 Å². The van der Waals surface area contributed by atoms with Crippen LogP contribution in [0.25, 0.3) is 0 Å². The lowest BCUT2D eigenvalue weighted by Crippen LogP contribution is -2.08. The first kappa shape index (κ1) is 13.9. The van der Waals surface area contributed by atoms with Gasteiger partial charge in [0.1, 0.15) is 29.6 Å². The first-order valence-electron chi connectivity index (χ1n) is 5.48. The maximum Gasteiger partial charge on any atom is 0.346 e. The van der Waals surface area contributed by atoms with Crippen molar-refractivity contribution in [1.82, 2.24) is 0 Å². The standard InChI is InChI=1S/C13H11BrO4S/c14-9-2-1-3-10(6-9)17-4-5-18-11-7-12(13(15)16)19-8-11/h1-3,6-8H,4-5H2,(H,15,16). The maximum atomic E-state index is 10.7. The molecule has 1 aromatic heterocycles. The number of ether oxygens (including phenoxy) is 2. The van der Waals surface area contributed by atoms with Crippen molar-refractivity contribution in [1.29, 1.82) is 0 Å². The number of benzene rings is 1. The topological polar surface area (TPSA) is 55.8 Å². The van der Waals surface area contributed by atoms with Crippen LogP contribution in [0.3, 0.4) is 0 Å². The average molecular weight is 343 g/mol. The van der Waals surface area contributed by atoms with Gasteiger partial charge in [-0.15, -0.1) is 11.3 Å². The largest absolute Gasteiger partial charge is 0.490 e. The molecule has 0 spiro atoms. The van der Waals surface area contributed by atoms with Crippen LogP contribution in [-0.2, 0) is 0 Å². The number of thiophene rings is 1. The maximum absolute atomic E-state index is 10.7. The Kier molecular flexibility index (Phi) is 4.81. The highest BCUT2D eigenvalue weighted by molar-refractivity contribution is 9.10. The fraction of sp³-hybridized carbons (Fsp3) is 0.154. The first-order valence-corrected chi connectivity index (χ1v) is 7.15. The molecule has 0 unspecified atom stereocenters. The summed E-state index contributed by atoms with van der Waals surface area (Å²) in [7, 11) is 0. The van der Waals surface area contributed by atoms with Crippen LogP contribution >= 0.6 is 27.3 Å². The molecular formula is C13H11BrO4S. The predicted octanol–water partition coefficient (Wildman–Crippen LogP) is 3.67. The summed E-state index contributed by atoms with van der Waals surface area (Å²) in [4.78, 5) is 11.0. The minimum Gasteiger partial charge on any atom is -0.490 e. The van der Waals surface area contributed by atoms with Crippen molar-refractivity contribution < 1.29 is 19.4 Å². The zero-order chi connectivity index (χ0) is 13.7. The zero-order valence-corrected chi connectivity index (χ0v) is 12.2. The van der Waals surface area contributed by atoms with E-state index in [9.17, 15) is 4.79 Å². The van der Waals surface area contributed by atoms with Gasteiger partial charge in [-0.25, -0.2) is 4.79 Å². The molecule has 0 aliphatic carbocycles. The van der Waals surface area contributed by atoms with Crippen molar-refractivity contribution in [2.24, 2.45) is 0 Å². The molecule has 2 aromatic rings. The van der Waals surface area contributed by atoms with Crippen LogP contribution in [0, 0.1) is 0 Å². The molecule has 0 atom stereocenters. The van der Waals surface area contributed by atoms with Crippen molar-refractivity contribution in [2.45, 2.75) is 0 Å². The summed E-state index contributed by atoms with van der Waals surface area (Å²) in [5, 5.41) is 10.4. The van der Waals surface area contributed by atoms with E-state index in [-0.39, 0.29) is 4.88 Å². The van der Waals surface area contributed by atoms with Crippen molar-refractivity contribution in [2.75, 3.05) is 13.2 Å². The molecule has 0 aliphatic heterocycles. The number of rotatable bonds is 6. The Morgan fingerprint density at radius 1 is 1.21 bits per heavy atom. The predicted molar refractivity (Wildman–Crippen MR) is 76.4 cm³/mol. The minimum atomic E-state index is -0.940. The molecule has 0 radical (unpaired) electrons. The SMILES string of the molecule is O=C(O)c1cc(OCCOc2cccc(Br)c2)cs1. The summed E-state index contributed by atoms with van der Waals surface area (Å²) in [6.07, 6.45) is 0. The third kappa shape index (κ3) is 4.25. The number of carboxylic acids is 1. The summed E-state index contributed by atoms with van der Waals surface area (Å²) < 4.78 is 11.8. The Labute approximate surface area is 122 Å². The van der Waals surface area contributed by atoms with E-state index in [2.05, 4.69) is 15.9 Å². The van der Waals surface area contributed by atoms with Gasteiger partial charge in [-0.05, 0) is 18.2 Å². The number of hydrogen-bond acceptors (Lipinski definition) is 4. The van der Waals surface area contributed by atoms with Crippen LogP contribution in [0.15, 0.2) is 40.2 Å². The van der Waals surface area contributed by atoms with E-state index in [1.807, 2.05) is 24.3 Å². The van der Waals surface area contributed by atoms with Crippen LogP contribution in [0.2, 0.25) is 0 Å². The normalized spacial score (nSPS) is 10.2. The molecule has 0 saturated carbocycles. The smallest absolute Gasteiger partial charge is 0.346 e. The van der Waals surface area contributed by atoms with Gasteiger partial charge in [0.2, 0.25) is 0 Å². The monoisotopic (exact) mass is 342 g/mol. The van der Waals surface area contributed by atoms with E-state index >= 15 is 0 Å². The summed E-state index contributed by atoms with van der Waals surface area (Å²) in [6.45, 7) is 0.761. The Hall–Kier alpha value is -1.53. The van der Waals surface area contributed by atoms with E-state index < -0.39 is 5.97 Å². The minimum absolute atomic E-state index is 0.267. The Morgan fingerprint density at radius 3 is 2.58 bits per heavy atom. The lowest BCUT2D eigenvalue weighted by Gasteiger charge is -2.07. The quantitative estimate of drug-likeness (QED) is 0.813. The zero-order valence-electron chi connectivity index (χ0n) is 9.84. The summed E-state index contributed by atoms with van der Waals surface area (Å²) in [5.41, 5.74) is 0. The highest BCUT2D eigenvalue weighted by atomic mass is 79.9. The van der Waals surface area contributed by atoms with Crippen molar-refractivity contribution in [3.63, 3.8) is 0 Å². The van der Waals surface area contributed by atoms with Gasteiger partial charge < -0.3 is 14.6 Å². The van der Waals surface area contributed by atoms with Gasteiger partial charge in [-0.3, -0.25) is 0 Å². The van der Waals surface area contributed by atoms with Gasteiger partial charge in [0.05, 0.1) is 0 Å². The van der Waals surface area contributed by atoms with Gasteiger partial charge in [-0.1, -0.05) is 22.0 Å². The number of carbonyl (C=O) groups is 1. The molecule has 100 valence electrons. The van der Waals surface area contributed by atoms with Gasteiger partial charge in [0.25, 0.3) is 0 Å². The Balaban J connectivity index is 1.76. The molecule has 2 rings (SSSR count). The second kappa shape index (κ2) is 6.58. The summed E-state index contributed by atoms with van der Waals surface area (Å²) in [6, 6.07) is 9.04. The fourth-order valence-electron chi connectivity index (χ4n) is 1.38. The molecule has 1 N–H and O–H groups in total. The molecule has 0 bridgehead atoms. The number of aromatic carboxylic acids is 1. The van der Waals surface area contributed by atoms with Crippen LogP contribution in [0.1, 0.15) is 9.67 Å². The third-order valence-corrected chi connectivity index (χ3v) is 3.59. The summed E-state index contributed by atoms with van der Waals surface area (Å²) in [5.74, 6) is 0.375. The highest BCUT2D eigenvalue weighted by Gasteiger charge is 2.07. The van der Waals surface area contributed by atoms with E-state index in [1.54, 1.807) is 5.38 Å². The molecular weight excluding hydrogens is 332 g/mol. The third-order valence-electron chi connectivity index (χ3n) is 2.20. The molecule has 19 heavy (non-hydrogen) atoms. The Morgan fingerprint density at radius 2 is 1.95 bits per heavy atom. The Bertz CT molecular complexity index is 567. The number of hydrogen-bond donors (Lipinski definition) is 1. The lowest BCUT2D eigenvalue weighted by atomic mass is 10.3. The van der Waals surface area contributed by atoms with Gasteiger partial charge in [0, 0.05) is 15.9 Å². The van der Waals surface area contributed by atoms with Crippen molar-refractivity contribution >= 4 is 33.2 Å². The number of halogens is 1. The van der Waals surface area contributed by atoms with E-state index in [4.69, 9.17) is 14.6 Å². The van der Waals surface area contributed by atoms with Crippen LogP contribution in [0.4, 0.5) is 0 Å². The van der Waals surface area contributed by atoms with Crippen molar-refractivity contribution in [3.8, 4) is 11.5 Å². The van der Waals surface area contributed by atoms with E-state index in [1.165, 1.54) is 6.07 Å². The van der Waals surface area contributed by atoms with E-state index in [0.717, 1.165) is 21.6 Å². The molecule has 6 heteroatoms. The van der Waals surface area contributed by atoms with Crippen LogP contribution in [-0.4, -0.2) is 24.3 Å². The lowest BCUT2D eigenvalue weighted by molar-refractivity contribution is 0.0702. The van der Waals surface area contributed by atoms with Gasteiger partial charge in [-0.2, -0.15) is 0 Å². The second-order valence-electron chi connectivity index (χ2n) is 3.61. The average Bonchev–Trinajstić information content (AvgIpc) is 2.84. The second-order valence-corrected chi connectivity index (χ2v) is 5.43. The number of carboxylic acid groups (broad SMARTS) is 1. The van der Waals surface area contributed by atoms with Gasteiger partial charge in [0.15, 0.2) is 0 Å². The summed E-state index contributed by atoms with van der Waals surface area (Å²) >= 11 is 4.50. The molecule has 0 aliphatic rings. The molecule has 0 amide bonds. The fourth-order valence-corrected chi connectivity index (χ4v) is 2.42. The molecule has 1 heterocycles. The van der Waals surface area contributed by atoms with Crippen molar-refractivity contribution in [3.05, 3.63) is 45.1 Å². The molecule has 0 fully saturated rings. The molecule has 0 saturated heterocycles. The van der Waals surface area contributed by atoms with Crippen LogP contribution < -0.4 is 9.47 Å². The highest BCUT2D eigenvalue weighted by Crippen LogP contribution is 2.21. The molecule has 1 aromatic carbocycles. The van der Waals surface area contributed by atoms with E-state index in [0.29, 0.717) is 19.0 Å². The van der Waals surface area contributed by atoms with Gasteiger partial charge >= 0.3 is 5.97 Å². The first-order chi connectivity index (χ1) is 9.15.